The van der Waals surface area contributed by atoms with E-state index in [9.17, 15) is 0 Å². The molecule has 6 aromatic carbocycles. The maximum atomic E-state index is 5.13. The van der Waals surface area contributed by atoms with Crippen molar-refractivity contribution in [2.24, 2.45) is 0 Å². The van der Waals surface area contributed by atoms with E-state index < -0.39 is 0 Å². The molecule has 49 heavy (non-hydrogen) atoms. The highest BCUT2D eigenvalue weighted by Gasteiger charge is 2.17. The van der Waals surface area contributed by atoms with Crippen LogP contribution in [0, 0.1) is 0 Å². The van der Waals surface area contributed by atoms with Gasteiger partial charge in [-0.25, -0.2) is 24.9 Å². The van der Waals surface area contributed by atoms with Crippen LogP contribution in [0.15, 0.2) is 164 Å². The smallest absolute Gasteiger partial charge is 0.164 e. The average Bonchev–Trinajstić information content (AvgIpc) is 3.57. The molecule has 0 fully saturated rings. The maximum absolute atomic E-state index is 5.13. The molecule has 0 bridgehead atoms. The highest BCUT2D eigenvalue weighted by molar-refractivity contribution is 7.26. The summed E-state index contributed by atoms with van der Waals surface area (Å²) in [5.41, 5.74) is 7.73. The van der Waals surface area contributed by atoms with Crippen LogP contribution in [-0.4, -0.2) is 24.9 Å². The van der Waals surface area contributed by atoms with Gasteiger partial charge in [0.2, 0.25) is 0 Å². The van der Waals surface area contributed by atoms with Crippen molar-refractivity contribution in [3.05, 3.63) is 164 Å². The van der Waals surface area contributed by atoms with Gasteiger partial charge in [-0.1, -0.05) is 146 Å². The lowest BCUT2D eigenvalue weighted by Crippen LogP contribution is -1.99. The van der Waals surface area contributed by atoms with E-state index in [1.807, 2.05) is 97.1 Å². The number of hydrogen-bond donors (Lipinski definition) is 0. The van der Waals surface area contributed by atoms with Gasteiger partial charge in [0.1, 0.15) is 0 Å². The van der Waals surface area contributed by atoms with E-state index in [2.05, 4.69) is 66.7 Å². The van der Waals surface area contributed by atoms with Crippen molar-refractivity contribution in [2.45, 2.75) is 0 Å². The molecule has 0 aliphatic carbocycles. The third-order valence-electron chi connectivity index (χ3n) is 8.56. The Balaban J connectivity index is 1.20. The molecular formula is C43H27N5S. The number of fused-ring (bicyclic) bond motifs is 3. The third kappa shape index (κ3) is 5.54. The molecule has 0 spiro atoms. The zero-order valence-electron chi connectivity index (χ0n) is 26.2. The lowest BCUT2D eigenvalue weighted by atomic mass is 10.0. The Kier molecular flexibility index (Phi) is 7.26. The summed E-state index contributed by atoms with van der Waals surface area (Å²) >= 11 is 1.75. The van der Waals surface area contributed by atoms with Crippen molar-refractivity contribution in [1.82, 2.24) is 24.9 Å². The second-order valence-electron chi connectivity index (χ2n) is 11.7. The van der Waals surface area contributed by atoms with E-state index in [4.69, 9.17) is 24.9 Å². The summed E-state index contributed by atoms with van der Waals surface area (Å²) in [5, 5.41) is 2.35. The minimum Gasteiger partial charge on any atom is -0.228 e. The molecule has 0 unspecified atom stereocenters. The van der Waals surface area contributed by atoms with Crippen molar-refractivity contribution in [1.29, 1.82) is 0 Å². The minimum absolute atomic E-state index is 0.638. The van der Waals surface area contributed by atoms with E-state index in [0.717, 1.165) is 54.2 Å². The molecule has 0 atom stereocenters. The first-order valence-electron chi connectivity index (χ1n) is 16.1. The molecule has 3 heterocycles. The van der Waals surface area contributed by atoms with Gasteiger partial charge in [-0.2, -0.15) is 0 Å². The zero-order valence-corrected chi connectivity index (χ0v) is 27.0. The molecule has 6 heteroatoms. The third-order valence-corrected chi connectivity index (χ3v) is 9.76. The highest BCUT2D eigenvalue weighted by atomic mass is 32.1. The topological polar surface area (TPSA) is 64.5 Å². The van der Waals surface area contributed by atoms with Gasteiger partial charge in [-0.3, -0.25) is 0 Å². The van der Waals surface area contributed by atoms with Crippen LogP contribution < -0.4 is 0 Å². The zero-order chi connectivity index (χ0) is 32.6. The molecule has 230 valence electrons. The van der Waals surface area contributed by atoms with Crippen LogP contribution in [0.3, 0.4) is 0 Å². The minimum atomic E-state index is 0.638. The van der Waals surface area contributed by atoms with Gasteiger partial charge in [0.25, 0.3) is 0 Å². The van der Waals surface area contributed by atoms with Crippen LogP contribution >= 0.6 is 11.3 Å². The van der Waals surface area contributed by atoms with Gasteiger partial charge >= 0.3 is 0 Å². The van der Waals surface area contributed by atoms with E-state index in [-0.39, 0.29) is 0 Å². The first-order valence-corrected chi connectivity index (χ1v) is 16.9. The van der Waals surface area contributed by atoms with Gasteiger partial charge in [0, 0.05) is 53.6 Å². The Morgan fingerprint density at radius 2 is 0.816 bits per heavy atom. The largest absolute Gasteiger partial charge is 0.228 e. The predicted octanol–water partition coefficient (Wildman–Crippen LogP) is 11.0. The molecular weight excluding hydrogens is 619 g/mol. The predicted molar refractivity (Wildman–Crippen MR) is 201 cm³/mol. The Labute approximate surface area is 287 Å². The highest BCUT2D eigenvalue weighted by Crippen LogP contribution is 2.41. The lowest BCUT2D eigenvalue weighted by Gasteiger charge is -2.10. The molecule has 0 saturated carbocycles. The molecule has 0 aliphatic heterocycles. The van der Waals surface area contributed by atoms with Crippen LogP contribution in [0.2, 0.25) is 0 Å². The van der Waals surface area contributed by atoms with Crippen LogP contribution in [-0.2, 0) is 0 Å². The van der Waals surface area contributed by atoms with Gasteiger partial charge in [-0.05, 0) is 18.2 Å². The molecule has 0 aliphatic rings. The fraction of sp³-hybridized carbons (Fsp3) is 0. The van der Waals surface area contributed by atoms with Crippen LogP contribution in [0.5, 0.6) is 0 Å². The monoisotopic (exact) mass is 645 g/mol. The number of hydrogen-bond acceptors (Lipinski definition) is 6. The summed E-state index contributed by atoms with van der Waals surface area (Å²) in [6.45, 7) is 0. The maximum Gasteiger partial charge on any atom is 0.164 e. The molecule has 0 N–H and O–H groups in total. The fourth-order valence-corrected chi connectivity index (χ4v) is 7.38. The SMILES string of the molecule is c1ccc(-c2cc(-c3ccccc3)nc(-c3cccc4c3sc3cc(-c5nc(-c6ccccc6)nc(-c6ccccc6)n5)ccc34)n2)cc1. The summed E-state index contributed by atoms with van der Waals surface area (Å²) in [5.74, 6) is 2.63. The van der Waals surface area contributed by atoms with Crippen molar-refractivity contribution >= 4 is 31.5 Å². The average molecular weight is 646 g/mol. The van der Waals surface area contributed by atoms with Crippen LogP contribution in [0.4, 0.5) is 0 Å². The van der Waals surface area contributed by atoms with Crippen molar-refractivity contribution in [3.63, 3.8) is 0 Å². The number of aromatic nitrogens is 5. The summed E-state index contributed by atoms with van der Waals surface area (Å²) in [7, 11) is 0. The van der Waals surface area contributed by atoms with Gasteiger partial charge < -0.3 is 0 Å². The van der Waals surface area contributed by atoms with Crippen LogP contribution in [0.1, 0.15) is 0 Å². The standard InChI is InChI=1S/C43H27N5S/c1-5-14-28(15-6-1)36-27-37(29-16-7-2-8-17-29)45-43(44-36)35-23-13-22-34-33-25-24-32(26-38(33)49-39(34)35)42-47-40(30-18-9-3-10-19-30)46-41(48-42)31-20-11-4-12-21-31/h1-27H. The van der Waals surface area contributed by atoms with Crippen molar-refractivity contribution < 1.29 is 0 Å². The van der Waals surface area contributed by atoms with E-state index in [1.54, 1.807) is 11.3 Å². The molecule has 0 saturated heterocycles. The summed E-state index contributed by atoms with van der Waals surface area (Å²) in [6.07, 6.45) is 0. The van der Waals surface area contributed by atoms with E-state index in [1.165, 1.54) is 10.8 Å². The number of rotatable bonds is 6. The number of benzene rings is 6. The van der Waals surface area contributed by atoms with Crippen molar-refractivity contribution in [3.8, 4) is 68.1 Å². The van der Waals surface area contributed by atoms with E-state index in [0.29, 0.717) is 23.3 Å². The fourth-order valence-electron chi connectivity index (χ4n) is 6.13. The Hall–Kier alpha value is -6.37. The summed E-state index contributed by atoms with van der Waals surface area (Å²) in [4.78, 5) is 25.1. The first kappa shape index (κ1) is 28.8. The normalized spacial score (nSPS) is 11.3. The Morgan fingerprint density at radius 1 is 0.327 bits per heavy atom. The number of nitrogens with zero attached hydrogens (tertiary/aromatic N) is 5. The van der Waals surface area contributed by atoms with Crippen molar-refractivity contribution in [2.75, 3.05) is 0 Å². The molecule has 0 amide bonds. The Morgan fingerprint density at radius 3 is 1.35 bits per heavy atom. The summed E-state index contributed by atoms with van der Waals surface area (Å²) < 4.78 is 2.29. The van der Waals surface area contributed by atoms with Gasteiger partial charge in [-0.15, -0.1) is 11.3 Å². The molecule has 5 nitrogen and oxygen atoms in total. The Bertz CT molecular complexity index is 2470. The quantitative estimate of drug-likeness (QED) is 0.180. The molecule has 3 aromatic heterocycles. The van der Waals surface area contributed by atoms with E-state index >= 15 is 0 Å². The summed E-state index contributed by atoms with van der Waals surface area (Å²) in [6, 6.07) is 55.7. The van der Waals surface area contributed by atoms with Crippen LogP contribution in [0.25, 0.3) is 88.2 Å². The second kappa shape index (κ2) is 12.3. The van der Waals surface area contributed by atoms with Gasteiger partial charge in [0.15, 0.2) is 23.3 Å². The molecule has 0 radical (unpaired) electrons. The lowest BCUT2D eigenvalue weighted by molar-refractivity contribution is 1.07. The van der Waals surface area contributed by atoms with Gasteiger partial charge in [0.05, 0.1) is 11.4 Å². The molecule has 9 rings (SSSR count). The number of thiophene rings is 1. The first-order chi connectivity index (χ1) is 24.3. The molecule has 9 aromatic rings. The second-order valence-corrected chi connectivity index (χ2v) is 12.8.